The first-order valence-electron chi connectivity index (χ1n) is 6.83. The summed E-state index contributed by atoms with van der Waals surface area (Å²) in [6, 6.07) is 16.1. The molecule has 0 saturated heterocycles. The molecule has 3 heteroatoms. The van der Waals surface area contributed by atoms with Gasteiger partial charge in [-0.25, -0.2) is 0 Å². The molecule has 0 aromatic heterocycles. The Hall–Kier alpha value is -2.00. The average Bonchev–Trinajstić information content (AvgIpc) is 2.53. The summed E-state index contributed by atoms with van der Waals surface area (Å²) in [6.07, 6.45) is 0.993. The molecule has 0 spiro atoms. The molecule has 20 heavy (non-hydrogen) atoms. The summed E-state index contributed by atoms with van der Waals surface area (Å²) in [4.78, 5) is 0. The van der Waals surface area contributed by atoms with Gasteiger partial charge in [0.05, 0.1) is 26.4 Å². The smallest absolute Gasteiger partial charge is 0.125 e. The van der Waals surface area contributed by atoms with Crippen LogP contribution in [0.5, 0.6) is 11.5 Å². The lowest BCUT2D eigenvalue weighted by molar-refractivity contribution is 0.0127. The van der Waals surface area contributed by atoms with E-state index in [0.29, 0.717) is 13.2 Å². The number of para-hydroxylation sites is 1. The Morgan fingerprint density at radius 1 is 1.15 bits per heavy atom. The summed E-state index contributed by atoms with van der Waals surface area (Å²) in [5, 5.41) is 0. The molecule has 0 saturated carbocycles. The minimum Gasteiger partial charge on any atom is -0.497 e. The first-order valence-corrected chi connectivity index (χ1v) is 6.83. The maximum absolute atomic E-state index is 6.06. The molecule has 0 bridgehead atoms. The predicted molar refractivity (Wildman–Crippen MR) is 77.1 cm³/mol. The Labute approximate surface area is 119 Å². The molecule has 0 amide bonds. The van der Waals surface area contributed by atoms with Gasteiger partial charge < -0.3 is 14.2 Å². The van der Waals surface area contributed by atoms with E-state index >= 15 is 0 Å². The lowest BCUT2D eigenvalue weighted by Gasteiger charge is -2.26. The van der Waals surface area contributed by atoms with E-state index in [2.05, 4.69) is 6.07 Å². The van der Waals surface area contributed by atoms with Gasteiger partial charge in [0.1, 0.15) is 11.5 Å². The first kappa shape index (κ1) is 13.0. The van der Waals surface area contributed by atoms with E-state index in [0.717, 1.165) is 29.0 Å². The second-order valence-corrected chi connectivity index (χ2v) is 4.83. The summed E-state index contributed by atoms with van der Waals surface area (Å²) >= 11 is 0. The van der Waals surface area contributed by atoms with Crippen LogP contribution in [0, 0.1) is 0 Å². The summed E-state index contributed by atoms with van der Waals surface area (Å²) in [7, 11) is 1.68. The van der Waals surface area contributed by atoms with Gasteiger partial charge in [0.2, 0.25) is 0 Å². The predicted octanol–water partition coefficient (Wildman–Crippen LogP) is 3.74. The number of hydrogen-bond acceptors (Lipinski definition) is 3. The van der Waals surface area contributed by atoms with Gasteiger partial charge in [-0.1, -0.05) is 30.3 Å². The average molecular weight is 270 g/mol. The quantitative estimate of drug-likeness (QED) is 0.847. The highest BCUT2D eigenvalue weighted by molar-refractivity contribution is 5.36. The molecule has 2 aromatic carbocycles. The van der Waals surface area contributed by atoms with Crippen molar-refractivity contribution >= 4 is 0 Å². The highest BCUT2D eigenvalue weighted by Crippen LogP contribution is 2.34. The highest BCUT2D eigenvalue weighted by atomic mass is 16.5. The molecular formula is C17H18O3. The molecule has 0 N–H and O–H groups in total. The zero-order chi connectivity index (χ0) is 13.8. The van der Waals surface area contributed by atoms with Crippen LogP contribution in [0.25, 0.3) is 0 Å². The van der Waals surface area contributed by atoms with Crippen LogP contribution in [0.2, 0.25) is 0 Å². The molecule has 0 radical (unpaired) electrons. The standard InChI is InChI=1S/C17H18O3/c1-18-14-6-4-5-13(11-14)12-20-17-9-10-19-16-8-3-2-7-15(16)17/h2-8,11,17H,9-10,12H2,1H3/t17-/m0/s1. The normalized spacial score (nSPS) is 17.1. The lowest BCUT2D eigenvalue weighted by atomic mass is 10.0. The molecule has 1 aliphatic heterocycles. The van der Waals surface area contributed by atoms with Crippen LogP contribution in [0.1, 0.15) is 23.7 Å². The summed E-state index contributed by atoms with van der Waals surface area (Å²) < 4.78 is 16.9. The maximum Gasteiger partial charge on any atom is 0.125 e. The minimum atomic E-state index is 0.103. The van der Waals surface area contributed by atoms with Gasteiger partial charge in [0.25, 0.3) is 0 Å². The summed E-state index contributed by atoms with van der Waals surface area (Å²) in [5.41, 5.74) is 2.26. The van der Waals surface area contributed by atoms with E-state index in [-0.39, 0.29) is 6.10 Å². The lowest BCUT2D eigenvalue weighted by Crippen LogP contribution is -2.16. The van der Waals surface area contributed by atoms with Crippen molar-refractivity contribution in [1.29, 1.82) is 0 Å². The van der Waals surface area contributed by atoms with Crippen molar-refractivity contribution in [2.45, 2.75) is 19.1 Å². The third-order valence-corrected chi connectivity index (χ3v) is 3.49. The summed E-state index contributed by atoms with van der Waals surface area (Å²) in [6.45, 7) is 1.29. The second-order valence-electron chi connectivity index (χ2n) is 4.83. The summed E-state index contributed by atoms with van der Waals surface area (Å²) in [5.74, 6) is 1.80. The van der Waals surface area contributed by atoms with E-state index in [1.807, 2.05) is 42.5 Å². The van der Waals surface area contributed by atoms with Gasteiger partial charge in [0, 0.05) is 12.0 Å². The Kier molecular flexibility index (Phi) is 3.88. The van der Waals surface area contributed by atoms with Crippen molar-refractivity contribution in [3.8, 4) is 11.5 Å². The molecule has 0 unspecified atom stereocenters. The topological polar surface area (TPSA) is 27.7 Å². The molecule has 1 atom stereocenters. The number of hydrogen-bond donors (Lipinski definition) is 0. The second kappa shape index (κ2) is 5.97. The Bertz CT molecular complexity index is 580. The zero-order valence-electron chi connectivity index (χ0n) is 11.5. The van der Waals surface area contributed by atoms with Gasteiger partial charge in [-0.05, 0) is 23.8 Å². The molecular weight excluding hydrogens is 252 g/mol. The van der Waals surface area contributed by atoms with Gasteiger partial charge >= 0.3 is 0 Å². The molecule has 0 aliphatic carbocycles. The van der Waals surface area contributed by atoms with Crippen molar-refractivity contribution in [3.05, 3.63) is 59.7 Å². The van der Waals surface area contributed by atoms with Crippen LogP contribution < -0.4 is 9.47 Å². The first-order chi connectivity index (χ1) is 9.86. The SMILES string of the molecule is COc1cccc(CO[C@H]2CCOc3ccccc32)c1. The van der Waals surface area contributed by atoms with E-state index in [9.17, 15) is 0 Å². The fourth-order valence-electron chi connectivity index (χ4n) is 2.44. The molecule has 3 nitrogen and oxygen atoms in total. The molecule has 1 heterocycles. The van der Waals surface area contributed by atoms with Crippen LogP contribution in [-0.4, -0.2) is 13.7 Å². The monoisotopic (exact) mass is 270 g/mol. The van der Waals surface area contributed by atoms with Gasteiger partial charge in [-0.2, -0.15) is 0 Å². The largest absolute Gasteiger partial charge is 0.497 e. The van der Waals surface area contributed by atoms with Crippen molar-refractivity contribution in [2.24, 2.45) is 0 Å². The number of ether oxygens (including phenoxy) is 3. The minimum absolute atomic E-state index is 0.103. The van der Waals surface area contributed by atoms with E-state index < -0.39 is 0 Å². The van der Waals surface area contributed by atoms with Gasteiger partial charge in [-0.3, -0.25) is 0 Å². The zero-order valence-corrected chi connectivity index (χ0v) is 11.5. The molecule has 104 valence electrons. The fourth-order valence-corrected chi connectivity index (χ4v) is 2.44. The van der Waals surface area contributed by atoms with Crippen LogP contribution >= 0.6 is 0 Å². The molecule has 2 aromatic rings. The van der Waals surface area contributed by atoms with Crippen LogP contribution in [0.3, 0.4) is 0 Å². The third kappa shape index (κ3) is 2.78. The van der Waals surface area contributed by atoms with Gasteiger partial charge in [-0.15, -0.1) is 0 Å². The van der Waals surface area contributed by atoms with Crippen molar-refractivity contribution in [1.82, 2.24) is 0 Å². The Morgan fingerprint density at radius 2 is 2.05 bits per heavy atom. The molecule has 3 rings (SSSR count). The number of benzene rings is 2. The number of fused-ring (bicyclic) bond motifs is 1. The van der Waals surface area contributed by atoms with E-state index in [1.54, 1.807) is 7.11 Å². The fraction of sp³-hybridized carbons (Fsp3) is 0.294. The number of methoxy groups -OCH3 is 1. The Balaban J connectivity index is 1.70. The van der Waals surface area contributed by atoms with Crippen molar-refractivity contribution < 1.29 is 14.2 Å². The maximum atomic E-state index is 6.06. The Morgan fingerprint density at radius 3 is 2.95 bits per heavy atom. The van der Waals surface area contributed by atoms with E-state index in [4.69, 9.17) is 14.2 Å². The van der Waals surface area contributed by atoms with Crippen molar-refractivity contribution in [2.75, 3.05) is 13.7 Å². The van der Waals surface area contributed by atoms with Gasteiger partial charge in [0.15, 0.2) is 0 Å². The van der Waals surface area contributed by atoms with Crippen LogP contribution in [-0.2, 0) is 11.3 Å². The highest BCUT2D eigenvalue weighted by Gasteiger charge is 2.21. The van der Waals surface area contributed by atoms with Crippen LogP contribution in [0.15, 0.2) is 48.5 Å². The number of rotatable bonds is 4. The molecule has 0 fully saturated rings. The molecule has 1 aliphatic rings. The van der Waals surface area contributed by atoms with Crippen LogP contribution in [0.4, 0.5) is 0 Å². The van der Waals surface area contributed by atoms with Crippen molar-refractivity contribution in [3.63, 3.8) is 0 Å². The van der Waals surface area contributed by atoms with E-state index in [1.165, 1.54) is 0 Å². The third-order valence-electron chi connectivity index (χ3n) is 3.49.